The zero-order valence-electron chi connectivity index (χ0n) is 10.4. The summed E-state index contributed by atoms with van der Waals surface area (Å²) in [6.45, 7) is 1.99. The van der Waals surface area contributed by atoms with E-state index in [1.807, 2.05) is 32.2 Å². The Kier molecular flexibility index (Phi) is 4.00. The molecule has 0 aliphatic rings. The van der Waals surface area contributed by atoms with Crippen LogP contribution in [-0.4, -0.2) is 7.05 Å². The fraction of sp³-hybridized carbons (Fsp3) is 0.200. The Morgan fingerprint density at radius 3 is 2.39 bits per heavy atom. The van der Waals surface area contributed by atoms with Gasteiger partial charge >= 0.3 is 0 Å². The van der Waals surface area contributed by atoms with Crippen molar-refractivity contribution in [2.45, 2.75) is 13.0 Å². The van der Waals surface area contributed by atoms with Crippen molar-refractivity contribution in [2.24, 2.45) is 0 Å². The summed E-state index contributed by atoms with van der Waals surface area (Å²) in [7, 11) is 1.88. The van der Waals surface area contributed by atoms with Crippen LogP contribution in [-0.2, 0) is 0 Å². The molecule has 0 saturated heterocycles. The molecule has 0 radical (unpaired) electrons. The van der Waals surface area contributed by atoms with Crippen LogP contribution in [0.5, 0.6) is 0 Å². The number of halogens is 2. The predicted molar refractivity (Wildman–Crippen MR) is 73.5 cm³/mol. The molecule has 0 bridgehead atoms. The van der Waals surface area contributed by atoms with Gasteiger partial charge in [-0.25, -0.2) is 4.39 Å². The normalized spacial score (nSPS) is 12.4. The van der Waals surface area contributed by atoms with Crippen molar-refractivity contribution in [1.82, 2.24) is 5.32 Å². The van der Waals surface area contributed by atoms with Crippen LogP contribution in [0.4, 0.5) is 4.39 Å². The van der Waals surface area contributed by atoms with E-state index in [-0.39, 0.29) is 11.9 Å². The van der Waals surface area contributed by atoms with Crippen molar-refractivity contribution < 1.29 is 4.39 Å². The summed E-state index contributed by atoms with van der Waals surface area (Å²) in [5.41, 5.74) is 3.17. The minimum atomic E-state index is -0.226. The van der Waals surface area contributed by atoms with Crippen LogP contribution in [0.1, 0.15) is 22.7 Å². The molecular weight excluding hydrogens is 249 g/mol. The molecule has 0 spiro atoms. The van der Waals surface area contributed by atoms with Gasteiger partial charge in [-0.2, -0.15) is 0 Å². The molecule has 0 fully saturated rings. The van der Waals surface area contributed by atoms with Gasteiger partial charge in [-0.1, -0.05) is 35.9 Å². The van der Waals surface area contributed by atoms with E-state index in [1.54, 1.807) is 12.1 Å². The molecular formula is C15H15ClFN. The lowest BCUT2D eigenvalue weighted by atomic mass is 9.95. The standard InChI is InChI=1S/C15H15ClFN/c1-10-13(4-3-5-14(10)16)15(18-2)11-6-8-12(17)9-7-11/h3-9,15,18H,1-2H3. The first kappa shape index (κ1) is 13.1. The van der Waals surface area contributed by atoms with Crippen molar-refractivity contribution in [1.29, 1.82) is 0 Å². The molecule has 0 aromatic heterocycles. The SMILES string of the molecule is CNC(c1ccc(F)cc1)c1cccc(Cl)c1C. The van der Waals surface area contributed by atoms with E-state index < -0.39 is 0 Å². The molecule has 0 saturated carbocycles. The monoisotopic (exact) mass is 263 g/mol. The average molecular weight is 264 g/mol. The molecule has 0 aliphatic heterocycles. The first-order chi connectivity index (χ1) is 8.63. The number of hydrogen-bond acceptors (Lipinski definition) is 1. The molecule has 94 valence electrons. The van der Waals surface area contributed by atoms with Gasteiger partial charge in [-0.3, -0.25) is 0 Å². The second-order valence-corrected chi connectivity index (χ2v) is 4.63. The zero-order valence-corrected chi connectivity index (χ0v) is 11.1. The Labute approximate surface area is 112 Å². The predicted octanol–water partition coefficient (Wildman–Crippen LogP) is 4.10. The van der Waals surface area contributed by atoms with E-state index in [1.165, 1.54) is 12.1 Å². The van der Waals surface area contributed by atoms with Crippen LogP contribution in [0.15, 0.2) is 42.5 Å². The molecule has 0 aliphatic carbocycles. The smallest absolute Gasteiger partial charge is 0.123 e. The molecule has 2 aromatic rings. The highest BCUT2D eigenvalue weighted by atomic mass is 35.5. The minimum absolute atomic E-state index is 0.0179. The van der Waals surface area contributed by atoms with Gasteiger partial charge in [-0.15, -0.1) is 0 Å². The summed E-state index contributed by atoms with van der Waals surface area (Å²) in [5, 5.41) is 3.99. The highest BCUT2D eigenvalue weighted by Crippen LogP contribution is 2.28. The minimum Gasteiger partial charge on any atom is -0.309 e. The van der Waals surface area contributed by atoms with E-state index in [9.17, 15) is 4.39 Å². The third-order valence-electron chi connectivity index (χ3n) is 3.11. The second kappa shape index (κ2) is 5.51. The molecule has 0 heterocycles. The molecule has 2 aromatic carbocycles. The van der Waals surface area contributed by atoms with Crippen LogP contribution in [0.2, 0.25) is 5.02 Å². The van der Waals surface area contributed by atoms with Gasteiger partial charge in [0.2, 0.25) is 0 Å². The van der Waals surface area contributed by atoms with Crippen LogP contribution >= 0.6 is 11.6 Å². The lowest BCUT2D eigenvalue weighted by molar-refractivity contribution is 0.623. The molecule has 1 unspecified atom stereocenters. The molecule has 1 atom stereocenters. The summed E-state index contributed by atoms with van der Waals surface area (Å²) in [6.07, 6.45) is 0. The van der Waals surface area contributed by atoms with Gasteiger partial charge in [-0.05, 0) is 48.9 Å². The fourth-order valence-electron chi connectivity index (χ4n) is 2.09. The average Bonchev–Trinajstić information content (AvgIpc) is 2.37. The lowest BCUT2D eigenvalue weighted by Gasteiger charge is -2.20. The zero-order chi connectivity index (χ0) is 13.1. The van der Waals surface area contributed by atoms with Gasteiger partial charge in [0.05, 0.1) is 6.04 Å². The Hall–Kier alpha value is -1.38. The first-order valence-electron chi connectivity index (χ1n) is 5.81. The molecule has 1 N–H and O–H groups in total. The summed E-state index contributed by atoms with van der Waals surface area (Å²) in [6, 6.07) is 12.4. The third-order valence-corrected chi connectivity index (χ3v) is 3.52. The summed E-state index contributed by atoms with van der Waals surface area (Å²) in [4.78, 5) is 0. The molecule has 2 rings (SSSR count). The maximum absolute atomic E-state index is 13.0. The van der Waals surface area contributed by atoms with Crippen molar-refractivity contribution in [3.63, 3.8) is 0 Å². The largest absolute Gasteiger partial charge is 0.309 e. The van der Waals surface area contributed by atoms with E-state index in [0.717, 1.165) is 21.7 Å². The Morgan fingerprint density at radius 2 is 1.78 bits per heavy atom. The highest BCUT2D eigenvalue weighted by Gasteiger charge is 2.15. The van der Waals surface area contributed by atoms with Crippen LogP contribution in [0.3, 0.4) is 0 Å². The molecule has 0 amide bonds. The summed E-state index contributed by atoms with van der Waals surface area (Å²) < 4.78 is 13.0. The first-order valence-corrected chi connectivity index (χ1v) is 6.19. The van der Waals surface area contributed by atoms with E-state index in [0.29, 0.717) is 0 Å². The Balaban J connectivity index is 2.45. The van der Waals surface area contributed by atoms with Crippen molar-refractivity contribution in [2.75, 3.05) is 7.05 Å². The molecule has 3 heteroatoms. The second-order valence-electron chi connectivity index (χ2n) is 4.23. The van der Waals surface area contributed by atoms with Crippen LogP contribution in [0, 0.1) is 12.7 Å². The van der Waals surface area contributed by atoms with Gasteiger partial charge in [0.25, 0.3) is 0 Å². The molecule has 1 nitrogen and oxygen atoms in total. The van der Waals surface area contributed by atoms with Gasteiger partial charge in [0, 0.05) is 5.02 Å². The quantitative estimate of drug-likeness (QED) is 0.879. The Bertz CT molecular complexity index is 537. The Morgan fingerprint density at radius 1 is 1.11 bits per heavy atom. The highest BCUT2D eigenvalue weighted by molar-refractivity contribution is 6.31. The number of nitrogens with one attached hydrogen (secondary N) is 1. The van der Waals surface area contributed by atoms with Crippen LogP contribution in [0.25, 0.3) is 0 Å². The van der Waals surface area contributed by atoms with E-state index in [4.69, 9.17) is 11.6 Å². The van der Waals surface area contributed by atoms with Crippen LogP contribution < -0.4 is 5.32 Å². The maximum Gasteiger partial charge on any atom is 0.123 e. The topological polar surface area (TPSA) is 12.0 Å². The van der Waals surface area contributed by atoms with Gasteiger partial charge in [0.15, 0.2) is 0 Å². The number of benzene rings is 2. The lowest BCUT2D eigenvalue weighted by Crippen LogP contribution is -2.18. The van der Waals surface area contributed by atoms with Crippen molar-refractivity contribution >= 4 is 11.6 Å². The maximum atomic E-state index is 13.0. The summed E-state index contributed by atoms with van der Waals surface area (Å²) >= 11 is 6.14. The molecule has 18 heavy (non-hydrogen) atoms. The van der Waals surface area contributed by atoms with Gasteiger partial charge in [0.1, 0.15) is 5.82 Å². The summed E-state index contributed by atoms with van der Waals surface area (Å²) in [5.74, 6) is -0.226. The van der Waals surface area contributed by atoms with Gasteiger partial charge < -0.3 is 5.32 Å². The third kappa shape index (κ3) is 2.55. The van der Waals surface area contributed by atoms with Crippen molar-refractivity contribution in [3.8, 4) is 0 Å². The number of rotatable bonds is 3. The number of hydrogen-bond donors (Lipinski definition) is 1. The van der Waals surface area contributed by atoms with E-state index >= 15 is 0 Å². The van der Waals surface area contributed by atoms with E-state index in [2.05, 4.69) is 5.32 Å². The van der Waals surface area contributed by atoms with Crippen molar-refractivity contribution in [3.05, 3.63) is 70.0 Å². The fourth-order valence-corrected chi connectivity index (χ4v) is 2.28.